The van der Waals surface area contributed by atoms with Gasteiger partial charge in [0.25, 0.3) is 5.91 Å². The summed E-state index contributed by atoms with van der Waals surface area (Å²) in [5, 5.41) is 9.53. The van der Waals surface area contributed by atoms with Gasteiger partial charge in [0, 0.05) is 19.7 Å². The predicted molar refractivity (Wildman–Crippen MR) is 82.7 cm³/mol. The Morgan fingerprint density at radius 1 is 1.52 bits per heavy atom. The molecule has 116 valence electrons. The zero-order chi connectivity index (χ0) is 15.2. The SMILES string of the molecule is Cc1ccc(Cl)c(OCC(=O)N2CCCC(CCO)C2)c1. The molecule has 2 rings (SSSR count). The Morgan fingerprint density at radius 2 is 2.33 bits per heavy atom. The second-order valence-electron chi connectivity index (χ2n) is 5.58. The Morgan fingerprint density at radius 3 is 3.10 bits per heavy atom. The van der Waals surface area contributed by atoms with Gasteiger partial charge < -0.3 is 14.7 Å². The normalized spacial score (nSPS) is 18.6. The van der Waals surface area contributed by atoms with Crippen molar-refractivity contribution in [2.75, 3.05) is 26.3 Å². The summed E-state index contributed by atoms with van der Waals surface area (Å²) in [6, 6.07) is 5.51. The molecule has 0 radical (unpaired) electrons. The van der Waals surface area contributed by atoms with Crippen molar-refractivity contribution in [2.45, 2.75) is 26.2 Å². The number of piperidine rings is 1. The number of amides is 1. The van der Waals surface area contributed by atoms with E-state index in [0.717, 1.165) is 31.4 Å². The van der Waals surface area contributed by atoms with Crippen LogP contribution in [-0.2, 0) is 4.79 Å². The number of halogens is 1. The number of aliphatic hydroxyl groups excluding tert-OH is 1. The van der Waals surface area contributed by atoms with Gasteiger partial charge in [-0.25, -0.2) is 0 Å². The summed E-state index contributed by atoms with van der Waals surface area (Å²) in [4.78, 5) is 14.0. The van der Waals surface area contributed by atoms with E-state index in [1.165, 1.54) is 0 Å². The number of benzene rings is 1. The molecule has 1 aromatic carbocycles. The fourth-order valence-corrected chi connectivity index (χ4v) is 2.83. The van der Waals surface area contributed by atoms with Gasteiger partial charge >= 0.3 is 0 Å². The number of aliphatic hydroxyl groups is 1. The Labute approximate surface area is 130 Å². The molecule has 0 spiro atoms. The highest BCUT2D eigenvalue weighted by atomic mass is 35.5. The third kappa shape index (κ3) is 4.61. The van der Waals surface area contributed by atoms with Crippen LogP contribution in [0.25, 0.3) is 0 Å². The largest absolute Gasteiger partial charge is 0.482 e. The van der Waals surface area contributed by atoms with Crippen LogP contribution in [0.2, 0.25) is 5.02 Å². The van der Waals surface area contributed by atoms with Gasteiger partial charge in [0.05, 0.1) is 5.02 Å². The third-order valence-electron chi connectivity index (χ3n) is 3.85. The van der Waals surface area contributed by atoms with Crippen LogP contribution in [0.5, 0.6) is 5.75 Å². The molecule has 0 aromatic heterocycles. The van der Waals surface area contributed by atoms with E-state index in [-0.39, 0.29) is 19.1 Å². The van der Waals surface area contributed by atoms with E-state index in [0.29, 0.717) is 23.2 Å². The summed E-state index contributed by atoms with van der Waals surface area (Å²) >= 11 is 6.05. The van der Waals surface area contributed by atoms with Crippen LogP contribution in [0.3, 0.4) is 0 Å². The maximum atomic E-state index is 12.2. The van der Waals surface area contributed by atoms with E-state index in [1.54, 1.807) is 6.07 Å². The van der Waals surface area contributed by atoms with Crippen LogP contribution < -0.4 is 4.74 Å². The average Bonchev–Trinajstić information content (AvgIpc) is 2.48. The monoisotopic (exact) mass is 311 g/mol. The highest BCUT2D eigenvalue weighted by Gasteiger charge is 2.23. The Balaban J connectivity index is 1.88. The molecule has 0 saturated carbocycles. The lowest BCUT2D eigenvalue weighted by Gasteiger charge is -2.32. The number of aryl methyl sites for hydroxylation is 1. The van der Waals surface area contributed by atoms with Crippen molar-refractivity contribution in [3.63, 3.8) is 0 Å². The van der Waals surface area contributed by atoms with E-state index in [9.17, 15) is 4.79 Å². The molecule has 5 heteroatoms. The Bertz CT molecular complexity index is 490. The van der Waals surface area contributed by atoms with Crippen LogP contribution in [0, 0.1) is 12.8 Å². The van der Waals surface area contributed by atoms with Crippen LogP contribution in [0.1, 0.15) is 24.8 Å². The van der Waals surface area contributed by atoms with E-state index in [1.807, 2.05) is 24.0 Å². The molecule has 4 nitrogen and oxygen atoms in total. The molecule has 1 unspecified atom stereocenters. The van der Waals surface area contributed by atoms with Crippen molar-refractivity contribution < 1.29 is 14.6 Å². The molecule has 1 atom stereocenters. The van der Waals surface area contributed by atoms with Crippen molar-refractivity contribution in [1.82, 2.24) is 4.90 Å². The average molecular weight is 312 g/mol. The molecule has 21 heavy (non-hydrogen) atoms. The van der Waals surface area contributed by atoms with Gasteiger partial charge in [-0.15, -0.1) is 0 Å². The first-order valence-electron chi connectivity index (χ1n) is 7.37. The first kappa shape index (κ1) is 16.1. The first-order chi connectivity index (χ1) is 10.1. The van der Waals surface area contributed by atoms with Crippen molar-refractivity contribution in [2.24, 2.45) is 5.92 Å². The van der Waals surface area contributed by atoms with Gasteiger partial charge in [-0.05, 0) is 49.8 Å². The summed E-state index contributed by atoms with van der Waals surface area (Å²) in [7, 11) is 0. The van der Waals surface area contributed by atoms with Gasteiger partial charge in [-0.3, -0.25) is 4.79 Å². The minimum Gasteiger partial charge on any atom is -0.482 e. The molecule has 1 aliphatic rings. The third-order valence-corrected chi connectivity index (χ3v) is 4.16. The van der Waals surface area contributed by atoms with Gasteiger partial charge in [-0.1, -0.05) is 17.7 Å². The lowest BCUT2D eigenvalue weighted by Crippen LogP contribution is -2.42. The number of ether oxygens (including phenoxy) is 1. The molecule has 0 bridgehead atoms. The summed E-state index contributed by atoms with van der Waals surface area (Å²) in [5.74, 6) is 0.930. The summed E-state index contributed by atoms with van der Waals surface area (Å²) < 4.78 is 5.56. The maximum absolute atomic E-state index is 12.2. The van der Waals surface area contributed by atoms with Gasteiger partial charge in [0.2, 0.25) is 0 Å². The molecular formula is C16H22ClNO3. The molecule has 1 amide bonds. The molecule has 1 heterocycles. The van der Waals surface area contributed by atoms with Crippen molar-refractivity contribution in [1.29, 1.82) is 0 Å². The summed E-state index contributed by atoms with van der Waals surface area (Å²) in [6.07, 6.45) is 2.82. The zero-order valence-corrected chi connectivity index (χ0v) is 13.1. The maximum Gasteiger partial charge on any atom is 0.260 e. The molecule has 1 saturated heterocycles. The fourth-order valence-electron chi connectivity index (χ4n) is 2.66. The number of hydrogen-bond acceptors (Lipinski definition) is 3. The molecule has 1 N–H and O–H groups in total. The van der Waals surface area contributed by atoms with Crippen LogP contribution in [-0.4, -0.2) is 42.2 Å². The Kier molecular flexibility index (Phi) is 5.88. The van der Waals surface area contributed by atoms with Crippen molar-refractivity contribution in [3.8, 4) is 5.75 Å². The highest BCUT2D eigenvalue weighted by molar-refractivity contribution is 6.32. The highest BCUT2D eigenvalue weighted by Crippen LogP contribution is 2.25. The lowest BCUT2D eigenvalue weighted by molar-refractivity contribution is -0.135. The van der Waals surface area contributed by atoms with E-state index >= 15 is 0 Å². The van der Waals surface area contributed by atoms with Crippen molar-refractivity contribution >= 4 is 17.5 Å². The zero-order valence-electron chi connectivity index (χ0n) is 12.3. The quantitative estimate of drug-likeness (QED) is 0.909. The molecular weight excluding hydrogens is 290 g/mol. The van der Waals surface area contributed by atoms with Crippen LogP contribution in [0.15, 0.2) is 18.2 Å². The number of carbonyl (C=O) groups is 1. The minimum absolute atomic E-state index is 0.00895. The van der Waals surface area contributed by atoms with Gasteiger partial charge in [0.15, 0.2) is 6.61 Å². The van der Waals surface area contributed by atoms with Crippen LogP contribution >= 0.6 is 11.6 Å². The summed E-state index contributed by atoms with van der Waals surface area (Å²) in [6.45, 7) is 3.63. The second-order valence-corrected chi connectivity index (χ2v) is 5.99. The number of hydrogen-bond donors (Lipinski definition) is 1. The Hall–Kier alpha value is -1.26. The smallest absolute Gasteiger partial charge is 0.260 e. The van der Waals surface area contributed by atoms with E-state index in [2.05, 4.69) is 0 Å². The number of carbonyl (C=O) groups excluding carboxylic acids is 1. The van der Waals surface area contributed by atoms with Crippen LogP contribution in [0.4, 0.5) is 0 Å². The fraction of sp³-hybridized carbons (Fsp3) is 0.562. The summed E-state index contributed by atoms with van der Waals surface area (Å²) in [5.41, 5.74) is 1.04. The molecule has 0 aliphatic carbocycles. The molecule has 1 fully saturated rings. The molecule has 1 aromatic rings. The standard InChI is InChI=1S/C16H22ClNO3/c1-12-4-5-14(17)15(9-12)21-11-16(20)18-7-2-3-13(10-18)6-8-19/h4-5,9,13,19H,2-3,6-8,10-11H2,1H3. The topological polar surface area (TPSA) is 49.8 Å². The lowest BCUT2D eigenvalue weighted by atomic mass is 9.95. The van der Waals surface area contributed by atoms with Gasteiger partial charge in [0.1, 0.15) is 5.75 Å². The van der Waals surface area contributed by atoms with Crippen molar-refractivity contribution in [3.05, 3.63) is 28.8 Å². The molecule has 1 aliphatic heterocycles. The van der Waals surface area contributed by atoms with E-state index < -0.39 is 0 Å². The second kappa shape index (κ2) is 7.66. The minimum atomic E-state index is -0.0183. The number of nitrogens with zero attached hydrogens (tertiary/aromatic N) is 1. The number of rotatable bonds is 5. The van der Waals surface area contributed by atoms with Gasteiger partial charge in [-0.2, -0.15) is 0 Å². The predicted octanol–water partition coefficient (Wildman–Crippen LogP) is 2.65. The van der Waals surface area contributed by atoms with E-state index in [4.69, 9.17) is 21.4 Å². The number of likely N-dealkylation sites (tertiary alicyclic amines) is 1. The first-order valence-corrected chi connectivity index (χ1v) is 7.75.